The highest BCUT2D eigenvalue weighted by molar-refractivity contribution is 5.96. The monoisotopic (exact) mass is 327 g/mol. The summed E-state index contributed by atoms with van der Waals surface area (Å²) in [5, 5.41) is 10.3. The van der Waals surface area contributed by atoms with Crippen LogP contribution in [0.3, 0.4) is 0 Å². The number of rotatable bonds is 3. The highest BCUT2D eigenvalue weighted by Gasteiger charge is 2.32. The van der Waals surface area contributed by atoms with Gasteiger partial charge in [0, 0.05) is 30.3 Å². The molecule has 1 radical (unpaired) electrons. The maximum atomic E-state index is 13.7. The van der Waals surface area contributed by atoms with E-state index in [9.17, 15) is 14.3 Å². The fraction of sp³-hybridized carbons (Fsp3) is 0.316. The molecule has 5 heteroatoms. The topological polar surface area (TPSA) is 43.8 Å². The van der Waals surface area contributed by atoms with Gasteiger partial charge in [-0.05, 0) is 56.4 Å². The lowest BCUT2D eigenvalue weighted by Crippen LogP contribution is -2.59. The summed E-state index contributed by atoms with van der Waals surface area (Å²) in [5.41, 5.74) is 1.81. The van der Waals surface area contributed by atoms with E-state index >= 15 is 0 Å². The van der Waals surface area contributed by atoms with Crippen LogP contribution in [0, 0.1) is 18.8 Å². The van der Waals surface area contributed by atoms with E-state index in [0.29, 0.717) is 41.4 Å². The summed E-state index contributed by atoms with van der Waals surface area (Å²) < 4.78 is 13.7. The Labute approximate surface area is 141 Å². The van der Waals surface area contributed by atoms with Crippen LogP contribution in [0.25, 0.3) is 11.1 Å². The van der Waals surface area contributed by atoms with Gasteiger partial charge in [0.05, 0.1) is 0 Å². The van der Waals surface area contributed by atoms with Gasteiger partial charge in [0.1, 0.15) is 11.6 Å². The molecule has 1 fully saturated rings. The van der Waals surface area contributed by atoms with E-state index in [1.165, 1.54) is 12.1 Å². The fourth-order valence-corrected chi connectivity index (χ4v) is 2.83. The van der Waals surface area contributed by atoms with Crippen molar-refractivity contribution in [3.05, 3.63) is 53.3 Å². The van der Waals surface area contributed by atoms with Gasteiger partial charge in [0.25, 0.3) is 5.91 Å². The Morgan fingerprint density at radius 1 is 1.38 bits per heavy atom. The van der Waals surface area contributed by atoms with E-state index in [0.717, 1.165) is 0 Å². The average Bonchev–Trinajstić information content (AvgIpc) is 2.48. The van der Waals surface area contributed by atoms with E-state index in [1.807, 2.05) is 14.1 Å². The number of hydrogen-bond donors (Lipinski definition) is 1. The minimum absolute atomic E-state index is 0.0702. The highest BCUT2D eigenvalue weighted by Crippen LogP contribution is 2.33. The normalized spacial score (nSPS) is 14.8. The molecule has 0 atom stereocenters. The second kappa shape index (κ2) is 6.24. The Morgan fingerprint density at radius 2 is 2.08 bits per heavy atom. The van der Waals surface area contributed by atoms with Crippen molar-refractivity contribution in [1.82, 2.24) is 9.80 Å². The van der Waals surface area contributed by atoms with Crippen molar-refractivity contribution in [2.45, 2.75) is 13.0 Å². The third kappa shape index (κ3) is 2.87. The van der Waals surface area contributed by atoms with Crippen molar-refractivity contribution in [3.63, 3.8) is 0 Å². The SMILES string of the molecule is Cc1c(F)cccc1-c1[c]cc(C(=O)N2CC(N(C)C)C2)cc1O. The average molecular weight is 327 g/mol. The first-order valence-corrected chi connectivity index (χ1v) is 7.84. The zero-order valence-corrected chi connectivity index (χ0v) is 14.0. The van der Waals surface area contributed by atoms with Gasteiger partial charge in [-0.25, -0.2) is 4.39 Å². The maximum absolute atomic E-state index is 13.7. The molecule has 0 spiro atoms. The summed E-state index contributed by atoms with van der Waals surface area (Å²) in [5.74, 6) is -0.530. The number of aromatic hydroxyl groups is 1. The van der Waals surface area contributed by atoms with Crippen LogP contribution in [0.2, 0.25) is 0 Å². The summed E-state index contributed by atoms with van der Waals surface area (Å²) in [6.45, 7) is 3.01. The minimum atomic E-state index is -0.337. The molecule has 0 aromatic heterocycles. The maximum Gasteiger partial charge on any atom is 0.254 e. The molecule has 2 aromatic rings. The molecule has 4 nitrogen and oxygen atoms in total. The molecule has 24 heavy (non-hydrogen) atoms. The summed E-state index contributed by atoms with van der Waals surface area (Å²) in [6.07, 6.45) is 0. The lowest BCUT2D eigenvalue weighted by Gasteiger charge is -2.42. The van der Waals surface area contributed by atoms with Crippen LogP contribution in [-0.4, -0.2) is 54.0 Å². The first kappa shape index (κ1) is 16.5. The number of hydrogen-bond acceptors (Lipinski definition) is 3. The molecule has 0 bridgehead atoms. The third-order valence-electron chi connectivity index (χ3n) is 4.58. The molecule has 1 amide bonds. The van der Waals surface area contributed by atoms with E-state index in [1.54, 1.807) is 30.0 Å². The Hall–Kier alpha value is -2.40. The number of phenols is 1. The van der Waals surface area contributed by atoms with Crippen molar-refractivity contribution < 1.29 is 14.3 Å². The number of carbonyl (C=O) groups is 1. The number of likely N-dealkylation sites (N-methyl/N-ethyl adjacent to an activating group) is 1. The summed E-state index contributed by atoms with van der Waals surface area (Å²) in [4.78, 5) is 16.3. The van der Waals surface area contributed by atoms with Crippen molar-refractivity contribution in [3.8, 4) is 16.9 Å². The summed E-state index contributed by atoms with van der Waals surface area (Å²) in [7, 11) is 3.98. The molecule has 1 saturated heterocycles. The quantitative estimate of drug-likeness (QED) is 0.943. The number of phenolic OH excluding ortho intramolecular Hbond substituents is 1. The minimum Gasteiger partial charge on any atom is -0.507 e. The van der Waals surface area contributed by atoms with Crippen LogP contribution >= 0.6 is 0 Å². The van der Waals surface area contributed by atoms with Gasteiger partial charge in [-0.15, -0.1) is 0 Å². The molecule has 1 aliphatic heterocycles. The van der Waals surface area contributed by atoms with Crippen LogP contribution in [0.1, 0.15) is 15.9 Å². The second-order valence-corrected chi connectivity index (χ2v) is 6.39. The molecule has 2 aromatic carbocycles. The highest BCUT2D eigenvalue weighted by atomic mass is 19.1. The Kier molecular flexibility index (Phi) is 4.28. The molecule has 125 valence electrons. The number of benzene rings is 2. The van der Waals surface area contributed by atoms with E-state index in [2.05, 4.69) is 11.0 Å². The van der Waals surface area contributed by atoms with Crippen molar-refractivity contribution >= 4 is 5.91 Å². The predicted octanol–water partition coefficient (Wildman–Crippen LogP) is 2.69. The van der Waals surface area contributed by atoms with Crippen molar-refractivity contribution in [2.75, 3.05) is 27.2 Å². The number of nitrogens with zero attached hydrogens (tertiary/aromatic N) is 2. The van der Waals surface area contributed by atoms with Crippen molar-refractivity contribution in [1.29, 1.82) is 0 Å². The lowest BCUT2D eigenvalue weighted by molar-refractivity contribution is 0.0399. The van der Waals surface area contributed by atoms with Gasteiger partial charge in [-0.1, -0.05) is 12.1 Å². The molecular weight excluding hydrogens is 307 g/mol. The number of carbonyl (C=O) groups excluding carboxylic acids is 1. The molecule has 0 aliphatic carbocycles. The van der Waals surface area contributed by atoms with Crippen molar-refractivity contribution in [2.24, 2.45) is 0 Å². The molecule has 0 saturated carbocycles. The second-order valence-electron chi connectivity index (χ2n) is 6.39. The predicted molar refractivity (Wildman–Crippen MR) is 90.5 cm³/mol. The number of likely N-dealkylation sites (tertiary alicyclic amines) is 1. The first-order chi connectivity index (χ1) is 11.4. The van der Waals surface area contributed by atoms with Gasteiger partial charge < -0.3 is 14.9 Å². The summed E-state index contributed by atoms with van der Waals surface area (Å²) in [6, 6.07) is 11.0. The standard InChI is InChI=1S/C19H20FN2O2/c1-12-15(5-4-6-17(12)20)16-8-7-13(9-18(16)23)19(24)22-10-14(11-22)21(2)3/h4-7,9,14,23H,10-11H2,1-3H3. The fourth-order valence-electron chi connectivity index (χ4n) is 2.83. The Bertz CT molecular complexity index is 783. The Morgan fingerprint density at radius 3 is 2.71 bits per heavy atom. The summed E-state index contributed by atoms with van der Waals surface area (Å²) >= 11 is 0. The van der Waals surface area contributed by atoms with Gasteiger partial charge in [0.15, 0.2) is 0 Å². The Balaban J connectivity index is 1.83. The molecule has 1 aliphatic rings. The third-order valence-corrected chi connectivity index (χ3v) is 4.58. The van der Waals surface area contributed by atoms with Gasteiger partial charge in [-0.2, -0.15) is 0 Å². The first-order valence-electron chi connectivity index (χ1n) is 7.84. The van der Waals surface area contributed by atoms with Crippen LogP contribution in [-0.2, 0) is 0 Å². The van der Waals surface area contributed by atoms with Gasteiger partial charge in [0.2, 0.25) is 0 Å². The molecule has 1 N–H and O–H groups in total. The largest absolute Gasteiger partial charge is 0.507 e. The van der Waals surface area contributed by atoms with Crippen LogP contribution in [0.15, 0.2) is 30.3 Å². The van der Waals surface area contributed by atoms with E-state index < -0.39 is 0 Å². The zero-order valence-electron chi connectivity index (χ0n) is 14.0. The zero-order chi connectivity index (χ0) is 17.4. The number of amides is 1. The van der Waals surface area contributed by atoms with Crippen LogP contribution in [0.4, 0.5) is 4.39 Å². The molecule has 0 unspecified atom stereocenters. The van der Waals surface area contributed by atoms with E-state index in [4.69, 9.17) is 0 Å². The molecular formula is C19H20FN2O2. The smallest absolute Gasteiger partial charge is 0.254 e. The number of halogens is 1. The van der Waals surface area contributed by atoms with E-state index in [-0.39, 0.29) is 17.5 Å². The van der Waals surface area contributed by atoms with Gasteiger partial charge in [-0.3, -0.25) is 4.79 Å². The molecule has 1 heterocycles. The van der Waals surface area contributed by atoms with Crippen LogP contribution in [0.5, 0.6) is 5.75 Å². The van der Waals surface area contributed by atoms with Gasteiger partial charge >= 0.3 is 0 Å². The van der Waals surface area contributed by atoms with Crippen LogP contribution < -0.4 is 0 Å². The lowest BCUT2D eigenvalue weighted by atomic mass is 9.97. The molecule has 3 rings (SSSR count).